The monoisotopic (exact) mass is 376 g/mol. The standard InChI is InChI=1S/C17H21BrN4O/c1-12-4-5-15(14(18)10-12)21-13-6-7-19-16(11-13)17(23)20-8-9-22(2)3/h4-7,10-11H,8-9H2,1-3H3,(H,19,21)(H,20,23). The number of amides is 1. The van der Waals surface area contributed by atoms with Crippen molar-refractivity contribution in [1.82, 2.24) is 15.2 Å². The van der Waals surface area contributed by atoms with Crippen LogP contribution in [0, 0.1) is 6.92 Å². The minimum Gasteiger partial charge on any atom is -0.354 e. The normalized spacial score (nSPS) is 10.7. The van der Waals surface area contributed by atoms with Crippen molar-refractivity contribution >= 4 is 33.2 Å². The number of aromatic nitrogens is 1. The molecule has 2 rings (SSSR count). The first-order chi connectivity index (χ1) is 11.0. The number of pyridine rings is 1. The van der Waals surface area contributed by atoms with Gasteiger partial charge in [-0.15, -0.1) is 0 Å². The van der Waals surface area contributed by atoms with Crippen LogP contribution >= 0.6 is 15.9 Å². The Labute approximate surface area is 145 Å². The van der Waals surface area contributed by atoms with Crippen molar-refractivity contribution < 1.29 is 4.79 Å². The summed E-state index contributed by atoms with van der Waals surface area (Å²) in [6.07, 6.45) is 1.63. The molecule has 6 heteroatoms. The van der Waals surface area contributed by atoms with Crippen LogP contribution in [-0.4, -0.2) is 43.0 Å². The van der Waals surface area contributed by atoms with E-state index in [4.69, 9.17) is 0 Å². The lowest BCUT2D eigenvalue weighted by atomic mass is 10.2. The maximum absolute atomic E-state index is 12.1. The maximum atomic E-state index is 12.1. The minimum atomic E-state index is -0.168. The van der Waals surface area contributed by atoms with Gasteiger partial charge in [-0.1, -0.05) is 6.07 Å². The second kappa shape index (κ2) is 8.08. The van der Waals surface area contributed by atoms with Crippen LogP contribution in [0.3, 0.4) is 0 Å². The van der Waals surface area contributed by atoms with Crippen LogP contribution in [0.5, 0.6) is 0 Å². The molecule has 1 aromatic heterocycles. The number of rotatable bonds is 6. The second-order valence-electron chi connectivity index (χ2n) is 5.60. The molecule has 0 saturated carbocycles. The van der Waals surface area contributed by atoms with E-state index < -0.39 is 0 Å². The Kier molecular flexibility index (Phi) is 6.12. The highest BCUT2D eigenvalue weighted by Crippen LogP contribution is 2.26. The molecule has 0 aliphatic rings. The highest BCUT2D eigenvalue weighted by atomic mass is 79.9. The summed E-state index contributed by atoms with van der Waals surface area (Å²) in [7, 11) is 3.93. The van der Waals surface area contributed by atoms with Gasteiger partial charge >= 0.3 is 0 Å². The first-order valence-electron chi connectivity index (χ1n) is 7.38. The number of hydrogen-bond acceptors (Lipinski definition) is 4. The van der Waals surface area contributed by atoms with Crippen LogP contribution in [0.1, 0.15) is 16.1 Å². The molecule has 2 aromatic rings. The van der Waals surface area contributed by atoms with Crippen molar-refractivity contribution in [2.75, 3.05) is 32.5 Å². The molecule has 1 aromatic carbocycles. The van der Waals surface area contributed by atoms with Crippen LogP contribution in [0.15, 0.2) is 41.0 Å². The molecule has 23 heavy (non-hydrogen) atoms. The number of likely N-dealkylation sites (N-methyl/N-ethyl adjacent to an activating group) is 1. The van der Waals surface area contributed by atoms with Crippen molar-refractivity contribution in [1.29, 1.82) is 0 Å². The molecule has 0 unspecified atom stereocenters. The Morgan fingerprint density at radius 3 is 2.74 bits per heavy atom. The van der Waals surface area contributed by atoms with Crippen LogP contribution < -0.4 is 10.6 Å². The third-order valence-electron chi connectivity index (χ3n) is 3.24. The number of nitrogens with one attached hydrogen (secondary N) is 2. The van der Waals surface area contributed by atoms with Gasteiger partial charge in [0, 0.05) is 29.4 Å². The predicted octanol–water partition coefficient (Wildman–Crippen LogP) is 3.19. The average Bonchev–Trinajstić information content (AvgIpc) is 2.50. The molecular formula is C17H21BrN4O. The van der Waals surface area contributed by atoms with Gasteiger partial charge in [-0.2, -0.15) is 0 Å². The van der Waals surface area contributed by atoms with E-state index in [1.807, 2.05) is 50.2 Å². The molecule has 122 valence electrons. The molecule has 2 N–H and O–H groups in total. The Hall–Kier alpha value is -1.92. The van der Waals surface area contributed by atoms with Crippen molar-refractivity contribution in [2.45, 2.75) is 6.92 Å². The first kappa shape index (κ1) is 17.4. The van der Waals surface area contributed by atoms with Gasteiger partial charge in [-0.25, -0.2) is 0 Å². The van der Waals surface area contributed by atoms with E-state index in [9.17, 15) is 4.79 Å². The molecule has 0 aliphatic carbocycles. The molecule has 0 spiro atoms. The highest BCUT2D eigenvalue weighted by molar-refractivity contribution is 9.10. The quantitative estimate of drug-likeness (QED) is 0.812. The van der Waals surface area contributed by atoms with Gasteiger partial charge in [0.2, 0.25) is 0 Å². The second-order valence-corrected chi connectivity index (χ2v) is 6.45. The molecular weight excluding hydrogens is 356 g/mol. The molecule has 0 fully saturated rings. The van der Waals surface area contributed by atoms with Crippen molar-refractivity contribution in [3.8, 4) is 0 Å². The van der Waals surface area contributed by atoms with Crippen LogP contribution in [0.4, 0.5) is 11.4 Å². The van der Waals surface area contributed by atoms with E-state index in [0.29, 0.717) is 12.2 Å². The van der Waals surface area contributed by atoms with Crippen LogP contribution in [0.2, 0.25) is 0 Å². The van der Waals surface area contributed by atoms with E-state index in [0.717, 1.165) is 22.4 Å². The molecule has 1 heterocycles. The lowest BCUT2D eigenvalue weighted by Gasteiger charge is -2.12. The number of aryl methyl sites for hydroxylation is 1. The summed E-state index contributed by atoms with van der Waals surface area (Å²) in [4.78, 5) is 18.3. The number of carbonyl (C=O) groups excluding carboxylic acids is 1. The number of benzene rings is 1. The number of nitrogens with zero attached hydrogens (tertiary/aromatic N) is 2. The predicted molar refractivity (Wildman–Crippen MR) is 97.3 cm³/mol. The van der Waals surface area contributed by atoms with Gasteiger partial charge in [0.1, 0.15) is 5.69 Å². The summed E-state index contributed by atoms with van der Waals surface area (Å²) in [5.41, 5.74) is 3.35. The zero-order chi connectivity index (χ0) is 16.8. The van der Waals surface area contributed by atoms with Gasteiger partial charge in [0.05, 0.1) is 5.69 Å². The zero-order valence-electron chi connectivity index (χ0n) is 13.6. The smallest absolute Gasteiger partial charge is 0.269 e. The van der Waals surface area contributed by atoms with Crippen molar-refractivity contribution in [3.63, 3.8) is 0 Å². The van der Waals surface area contributed by atoms with Gasteiger partial charge in [-0.05, 0) is 66.8 Å². The number of hydrogen-bond donors (Lipinski definition) is 2. The summed E-state index contributed by atoms with van der Waals surface area (Å²) >= 11 is 3.54. The van der Waals surface area contributed by atoms with Gasteiger partial charge in [0.15, 0.2) is 0 Å². The largest absolute Gasteiger partial charge is 0.354 e. The summed E-state index contributed by atoms with van der Waals surface area (Å²) in [6, 6.07) is 9.65. The topological polar surface area (TPSA) is 57.3 Å². The van der Waals surface area contributed by atoms with Crippen molar-refractivity contribution in [3.05, 3.63) is 52.3 Å². The lowest BCUT2D eigenvalue weighted by Crippen LogP contribution is -2.31. The van der Waals surface area contributed by atoms with Crippen LogP contribution in [0.25, 0.3) is 0 Å². The molecule has 1 amide bonds. The van der Waals surface area contributed by atoms with E-state index in [-0.39, 0.29) is 5.91 Å². The SMILES string of the molecule is Cc1ccc(Nc2ccnc(C(=O)NCCN(C)C)c2)c(Br)c1. The van der Waals surface area contributed by atoms with Crippen molar-refractivity contribution in [2.24, 2.45) is 0 Å². The fourth-order valence-corrected chi connectivity index (χ4v) is 2.59. The van der Waals surface area contributed by atoms with E-state index in [1.54, 1.807) is 12.3 Å². The molecule has 0 aliphatic heterocycles. The number of carbonyl (C=O) groups is 1. The molecule has 5 nitrogen and oxygen atoms in total. The van der Waals surface area contributed by atoms with Crippen LogP contribution in [-0.2, 0) is 0 Å². The van der Waals surface area contributed by atoms with Gasteiger partial charge in [0.25, 0.3) is 5.91 Å². The number of anilines is 2. The molecule has 0 bridgehead atoms. The number of halogens is 1. The molecule has 0 atom stereocenters. The van der Waals surface area contributed by atoms with E-state index >= 15 is 0 Å². The zero-order valence-corrected chi connectivity index (χ0v) is 15.1. The maximum Gasteiger partial charge on any atom is 0.269 e. The molecule has 0 radical (unpaired) electrons. The van der Waals surface area contributed by atoms with E-state index in [1.165, 1.54) is 5.56 Å². The summed E-state index contributed by atoms with van der Waals surface area (Å²) < 4.78 is 0.978. The molecule has 0 saturated heterocycles. The van der Waals surface area contributed by atoms with Gasteiger partial charge in [-0.3, -0.25) is 9.78 Å². The lowest BCUT2D eigenvalue weighted by molar-refractivity contribution is 0.0946. The summed E-state index contributed by atoms with van der Waals surface area (Å²) in [5, 5.41) is 6.15. The third-order valence-corrected chi connectivity index (χ3v) is 3.90. The Morgan fingerprint density at radius 1 is 1.26 bits per heavy atom. The Balaban J connectivity index is 2.06. The average molecular weight is 377 g/mol. The summed E-state index contributed by atoms with van der Waals surface area (Å²) in [6.45, 7) is 3.42. The Bertz CT molecular complexity index is 688. The minimum absolute atomic E-state index is 0.168. The Morgan fingerprint density at radius 2 is 2.04 bits per heavy atom. The fraction of sp³-hybridized carbons (Fsp3) is 0.294. The highest BCUT2D eigenvalue weighted by Gasteiger charge is 2.08. The third kappa shape index (κ3) is 5.33. The fourth-order valence-electron chi connectivity index (χ4n) is 1.99. The van der Waals surface area contributed by atoms with Gasteiger partial charge < -0.3 is 15.5 Å². The van der Waals surface area contributed by atoms with E-state index in [2.05, 4.69) is 31.5 Å². The first-order valence-corrected chi connectivity index (χ1v) is 8.17. The summed E-state index contributed by atoms with van der Waals surface area (Å²) in [5.74, 6) is -0.168.